The number of nitro benzene ring substituents is 1. The van der Waals surface area contributed by atoms with Gasteiger partial charge in [0.1, 0.15) is 17.6 Å². The van der Waals surface area contributed by atoms with Crippen LogP contribution in [0.5, 0.6) is 0 Å². The van der Waals surface area contributed by atoms with Crippen LogP contribution >= 0.6 is 11.6 Å². The predicted octanol–water partition coefficient (Wildman–Crippen LogP) is 5.03. The first-order valence-electron chi connectivity index (χ1n) is 9.79. The van der Waals surface area contributed by atoms with E-state index in [0.717, 1.165) is 5.56 Å². The molecule has 0 unspecified atom stereocenters. The Morgan fingerprint density at radius 2 is 1.61 bits per heavy atom. The van der Waals surface area contributed by atoms with Crippen molar-refractivity contribution >= 4 is 34.6 Å². The molecule has 0 bridgehead atoms. The molecule has 0 saturated heterocycles. The molecule has 0 aliphatic carbocycles. The SMILES string of the molecule is O=[N+]([O-])c1ccc(/C([O-])=C(\N=Nc2ccccc2)[n+]2cccc(-c3ccc(Cl)cc3)n2)cc1. The molecule has 0 aliphatic rings. The molecular weight excluding hydrogens is 442 g/mol. The number of rotatable bonds is 6. The van der Waals surface area contributed by atoms with E-state index in [1.54, 1.807) is 54.7 Å². The van der Waals surface area contributed by atoms with Crippen LogP contribution in [-0.2, 0) is 0 Å². The molecule has 33 heavy (non-hydrogen) atoms. The van der Waals surface area contributed by atoms with E-state index in [2.05, 4.69) is 15.3 Å². The third kappa shape index (κ3) is 5.25. The molecule has 3 aromatic carbocycles. The first-order chi connectivity index (χ1) is 16.0. The van der Waals surface area contributed by atoms with Crippen LogP contribution in [0.2, 0.25) is 5.02 Å². The number of halogens is 1. The maximum Gasteiger partial charge on any atom is 0.368 e. The Morgan fingerprint density at radius 1 is 0.909 bits per heavy atom. The van der Waals surface area contributed by atoms with Gasteiger partial charge >= 0.3 is 5.82 Å². The second-order valence-electron chi connectivity index (χ2n) is 6.84. The molecule has 0 amide bonds. The average Bonchev–Trinajstić information content (AvgIpc) is 2.85. The zero-order valence-corrected chi connectivity index (χ0v) is 17.8. The molecule has 4 aromatic rings. The second kappa shape index (κ2) is 9.80. The van der Waals surface area contributed by atoms with Crippen molar-refractivity contribution in [2.45, 2.75) is 0 Å². The van der Waals surface area contributed by atoms with Crippen LogP contribution in [0, 0.1) is 10.1 Å². The average molecular weight is 458 g/mol. The van der Waals surface area contributed by atoms with E-state index in [4.69, 9.17) is 11.6 Å². The van der Waals surface area contributed by atoms with Gasteiger partial charge in [-0.3, -0.25) is 10.1 Å². The molecular formula is C24H16ClN5O3. The maximum absolute atomic E-state index is 13.3. The fourth-order valence-corrected chi connectivity index (χ4v) is 3.08. The fourth-order valence-electron chi connectivity index (χ4n) is 2.95. The van der Waals surface area contributed by atoms with Crippen molar-refractivity contribution in [1.82, 2.24) is 5.10 Å². The number of benzene rings is 3. The topological polar surface area (TPSA) is 108 Å². The van der Waals surface area contributed by atoms with E-state index in [1.807, 2.05) is 18.2 Å². The number of hydrogen-bond donors (Lipinski definition) is 0. The molecule has 8 nitrogen and oxygen atoms in total. The number of nitro groups is 1. The minimum atomic E-state index is -0.528. The van der Waals surface area contributed by atoms with Gasteiger partial charge in [0.2, 0.25) is 0 Å². The second-order valence-corrected chi connectivity index (χ2v) is 7.27. The molecule has 1 heterocycles. The Morgan fingerprint density at radius 3 is 2.27 bits per heavy atom. The van der Waals surface area contributed by atoms with Gasteiger partial charge in [0.25, 0.3) is 5.69 Å². The number of hydrogen-bond acceptors (Lipinski definition) is 6. The first kappa shape index (κ1) is 21.8. The molecule has 0 radical (unpaired) electrons. The Labute approximate surface area is 193 Å². The highest BCUT2D eigenvalue weighted by Crippen LogP contribution is 2.22. The Hall–Kier alpha value is -4.43. The number of nitrogens with zero attached hydrogens (tertiary/aromatic N) is 5. The summed E-state index contributed by atoms with van der Waals surface area (Å²) in [6.07, 6.45) is 1.59. The predicted molar refractivity (Wildman–Crippen MR) is 122 cm³/mol. The van der Waals surface area contributed by atoms with Crippen molar-refractivity contribution in [2.75, 3.05) is 0 Å². The summed E-state index contributed by atoms with van der Waals surface area (Å²) in [7, 11) is 0. The highest BCUT2D eigenvalue weighted by Gasteiger charge is 2.17. The van der Waals surface area contributed by atoms with Gasteiger partial charge in [0.15, 0.2) is 0 Å². The first-order valence-corrected chi connectivity index (χ1v) is 10.2. The molecule has 0 saturated carbocycles. The number of azo groups is 1. The highest BCUT2D eigenvalue weighted by atomic mass is 35.5. The Bertz CT molecular complexity index is 1340. The van der Waals surface area contributed by atoms with E-state index in [-0.39, 0.29) is 17.1 Å². The number of non-ortho nitro benzene ring substituents is 1. The molecule has 0 aliphatic heterocycles. The van der Waals surface area contributed by atoms with Crippen molar-refractivity contribution in [3.05, 3.63) is 118 Å². The van der Waals surface area contributed by atoms with E-state index in [9.17, 15) is 15.2 Å². The summed E-state index contributed by atoms with van der Waals surface area (Å²) in [5.41, 5.74) is 2.05. The normalized spacial score (nSPS) is 11.9. The van der Waals surface area contributed by atoms with Gasteiger partial charge in [0.05, 0.1) is 10.0 Å². The van der Waals surface area contributed by atoms with E-state index in [0.29, 0.717) is 16.4 Å². The van der Waals surface area contributed by atoms with Crippen molar-refractivity contribution < 1.29 is 14.7 Å². The third-order valence-electron chi connectivity index (χ3n) is 4.61. The summed E-state index contributed by atoms with van der Waals surface area (Å²) in [4.78, 5) is 10.4. The molecule has 162 valence electrons. The third-order valence-corrected chi connectivity index (χ3v) is 4.87. The Balaban J connectivity index is 1.81. The van der Waals surface area contributed by atoms with Crippen LogP contribution in [0.1, 0.15) is 5.56 Å². The van der Waals surface area contributed by atoms with Crippen LogP contribution in [-0.4, -0.2) is 10.0 Å². The molecule has 0 N–H and O–H groups in total. The minimum absolute atomic E-state index is 0.0662. The fraction of sp³-hybridized carbons (Fsp3) is 0. The summed E-state index contributed by atoms with van der Waals surface area (Å²) >= 11 is 5.98. The van der Waals surface area contributed by atoms with Gasteiger partial charge in [-0.05, 0) is 59.2 Å². The van der Waals surface area contributed by atoms with E-state index >= 15 is 0 Å². The largest absolute Gasteiger partial charge is 0.866 e. The summed E-state index contributed by atoms with van der Waals surface area (Å²) in [5.74, 6) is -0.557. The summed E-state index contributed by atoms with van der Waals surface area (Å²) in [5, 5.41) is 37.7. The summed E-state index contributed by atoms with van der Waals surface area (Å²) < 4.78 is 1.33. The molecule has 0 spiro atoms. The Kier molecular flexibility index (Phi) is 6.47. The van der Waals surface area contributed by atoms with Gasteiger partial charge in [0, 0.05) is 28.5 Å². The van der Waals surface area contributed by atoms with Crippen molar-refractivity contribution in [2.24, 2.45) is 10.2 Å². The van der Waals surface area contributed by atoms with Gasteiger partial charge < -0.3 is 5.11 Å². The standard InChI is InChI=1S/C24H16ClN5O3/c25-19-12-8-17(9-13-19)22-7-4-16-29(28-22)24(27-26-20-5-2-1-3-6-20)23(31)18-10-14-21(15-11-18)30(32)33/h1-16H. The minimum Gasteiger partial charge on any atom is -0.866 e. The van der Waals surface area contributed by atoms with Crippen LogP contribution < -0.4 is 9.79 Å². The van der Waals surface area contributed by atoms with Crippen LogP contribution in [0.3, 0.4) is 0 Å². The smallest absolute Gasteiger partial charge is 0.368 e. The van der Waals surface area contributed by atoms with Crippen molar-refractivity contribution in [1.29, 1.82) is 0 Å². The van der Waals surface area contributed by atoms with Gasteiger partial charge in [-0.1, -0.05) is 51.7 Å². The molecule has 1 aromatic heterocycles. The molecule has 0 fully saturated rings. The molecule has 9 heteroatoms. The van der Waals surface area contributed by atoms with E-state index in [1.165, 1.54) is 28.9 Å². The lowest BCUT2D eigenvalue weighted by atomic mass is 10.1. The van der Waals surface area contributed by atoms with Crippen LogP contribution in [0.15, 0.2) is 107 Å². The molecule has 0 atom stereocenters. The summed E-state index contributed by atoms with van der Waals surface area (Å²) in [6.45, 7) is 0. The van der Waals surface area contributed by atoms with Crippen molar-refractivity contribution in [3.8, 4) is 11.3 Å². The lowest BCUT2D eigenvalue weighted by Gasteiger charge is -2.11. The number of aromatic nitrogens is 2. The zero-order chi connectivity index (χ0) is 23.2. The lowest BCUT2D eigenvalue weighted by Crippen LogP contribution is -2.37. The molecule has 4 rings (SSSR count). The van der Waals surface area contributed by atoms with Crippen LogP contribution in [0.4, 0.5) is 11.4 Å². The van der Waals surface area contributed by atoms with E-state index < -0.39 is 10.7 Å². The van der Waals surface area contributed by atoms with Gasteiger partial charge in [-0.25, -0.2) is 0 Å². The maximum atomic E-state index is 13.3. The lowest BCUT2D eigenvalue weighted by molar-refractivity contribution is -0.648. The van der Waals surface area contributed by atoms with Crippen molar-refractivity contribution in [3.63, 3.8) is 0 Å². The highest BCUT2D eigenvalue weighted by molar-refractivity contribution is 6.30. The van der Waals surface area contributed by atoms with Gasteiger partial charge in [-0.2, -0.15) is 0 Å². The van der Waals surface area contributed by atoms with Crippen LogP contribution in [0.25, 0.3) is 22.8 Å². The van der Waals surface area contributed by atoms with Gasteiger partial charge in [-0.15, -0.1) is 0 Å². The summed E-state index contributed by atoms with van der Waals surface area (Å²) in [6, 6.07) is 24.9. The zero-order valence-electron chi connectivity index (χ0n) is 17.1. The monoisotopic (exact) mass is 457 g/mol. The quantitative estimate of drug-likeness (QED) is 0.133.